The molecule has 96 valence electrons. The van der Waals surface area contributed by atoms with Crippen LogP contribution >= 0.6 is 0 Å². The largest absolute Gasteiger partial charge is 0.522 e. The quantitative estimate of drug-likeness (QED) is 0.842. The Morgan fingerprint density at radius 2 is 1.94 bits per heavy atom. The highest BCUT2D eigenvalue weighted by atomic mass is 32.2. The maximum Gasteiger partial charge on any atom is 0.522 e. The molecular weight excluding hydrogens is 259 g/mol. The first kappa shape index (κ1) is 13.8. The SMILES string of the molecule is Nc1cccc(S(=O)(=O)CCOC(F)(F)F)c1. The molecule has 0 aliphatic rings. The summed E-state index contributed by atoms with van der Waals surface area (Å²) in [4.78, 5) is -0.122. The Balaban J connectivity index is 2.70. The van der Waals surface area contributed by atoms with Crippen molar-refractivity contribution < 1.29 is 26.3 Å². The molecule has 17 heavy (non-hydrogen) atoms. The predicted octanol–water partition coefficient (Wildman–Crippen LogP) is 1.58. The summed E-state index contributed by atoms with van der Waals surface area (Å²) in [6.07, 6.45) is -4.83. The summed E-state index contributed by atoms with van der Waals surface area (Å²) in [5.74, 6) is -0.754. The second-order valence-corrected chi connectivity index (χ2v) is 5.29. The van der Waals surface area contributed by atoms with E-state index in [1.165, 1.54) is 24.3 Å². The molecule has 0 fully saturated rings. The number of benzene rings is 1. The number of sulfone groups is 1. The third-order valence-electron chi connectivity index (χ3n) is 1.83. The fourth-order valence-electron chi connectivity index (χ4n) is 1.09. The van der Waals surface area contributed by atoms with E-state index in [1.54, 1.807) is 0 Å². The van der Waals surface area contributed by atoms with Crippen molar-refractivity contribution in [3.8, 4) is 0 Å². The van der Waals surface area contributed by atoms with Gasteiger partial charge in [-0.05, 0) is 18.2 Å². The monoisotopic (exact) mass is 269 g/mol. The second-order valence-electron chi connectivity index (χ2n) is 3.19. The van der Waals surface area contributed by atoms with Crippen molar-refractivity contribution in [1.29, 1.82) is 0 Å². The van der Waals surface area contributed by atoms with Gasteiger partial charge in [0.05, 0.1) is 17.3 Å². The predicted molar refractivity (Wildman–Crippen MR) is 54.9 cm³/mol. The van der Waals surface area contributed by atoms with Gasteiger partial charge in [-0.3, -0.25) is 4.74 Å². The Kier molecular flexibility index (Phi) is 3.99. The molecule has 8 heteroatoms. The van der Waals surface area contributed by atoms with E-state index in [0.717, 1.165) is 0 Å². The standard InChI is InChI=1S/C9H10F3NO3S/c10-9(11,12)16-4-5-17(14,15)8-3-1-2-7(13)6-8/h1-3,6H,4-5,13H2. The maximum atomic E-state index is 11.7. The lowest BCUT2D eigenvalue weighted by atomic mass is 10.3. The van der Waals surface area contributed by atoms with Crippen molar-refractivity contribution >= 4 is 15.5 Å². The van der Waals surface area contributed by atoms with Gasteiger partial charge in [0.2, 0.25) is 0 Å². The average molecular weight is 269 g/mol. The van der Waals surface area contributed by atoms with Crippen LogP contribution in [0.1, 0.15) is 0 Å². The van der Waals surface area contributed by atoms with Crippen LogP contribution in [0.4, 0.5) is 18.9 Å². The van der Waals surface area contributed by atoms with Crippen LogP contribution in [0.2, 0.25) is 0 Å². The first-order chi connectivity index (χ1) is 7.71. The Morgan fingerprint density at radius 1 is 1.29 bits per heavy atom. The molecule has 4 nitrogen and oxygen atoms in total. The number of anilines is 1. The second kappa shape index (κ2) is 4.92. The van der Waals surface area contributed by atoms with Gasteiger partial charge in [0.1, 0.15) is 0 Å². The number of halogens is 3. The number of nitrogen functional groups attached to an aromatic ring is 1. The lowest BCUT2D eigenvalue weighted by molar-refractivity contribution is -0.322. The highest BCUT2D eigenvalue weighted by Crippen LogP contribution is 2.18. The van der Waals surface area contributed by atoms with Crippen molar-refractivity contribution in [2.45, 2.75) is 11.3 Å². The molecule has 2 N–H and O–H groups in total. The first-order valence-electron chi connectivity index (χ1n) is 4.50. The van der Waals surface area contributed by atoms with Gasteiger partial charge in [0.25, 0.3) is 0 Å². The van der Waals surface area contributed by atoms with E-state index in [0.29, 0.717) is 0 Å². The van der Waals surface area contributed by atoms with Gasteiger partial charge >= 0.3 is 6.36 Å². The van der Waals surface area contributed by atoms with Gasteiger partial charge < -0.3 is 5.73 Å². The summed E-state index contributed by atoms with van der Waals surface area (Å²) in [6.45, 7) is -0.944. The molecule has 0 aliphatic heterocycles. The third kappa shape index (κ3) is 4.61. The van der Waals surface area contributed by atoms with E-state index in [-0.39, 0.29) is 10.6 Å². The number of hydrogen-bond acceptors (Lipinski definition) is 4. The number of nitrogens with two attached hydrogens (primary N) is 1. The Labute approximate surface area is 96.1 Å². The van der Waals surface area contributed by atoms with E-state index in [4.69, 9.17) is 5.73 Å². The molecule has 0 spiro atoms. The van der Waals surface area contributed by atoms with Gasteiger partial charge in [-0.25, -0.2) is 8.42 Å². The molecule has 0 radical (unpaired) electrons. The molecule has 0 bridgehead atoms. The molecule has 1 aromatic rings. The number of hydrogen-bond donors (Lipinski definition) is 1. The minimum absolute atomic E-state index is 0.122. The minimum atomic E-state index is -4.83. The molecule has 1 aromatic carbocycles. The van der Waals surface area contributed by atoms with Gasteiger partial charge in [0, 0.05) is 5.69 Å². The molecule has 0 atom stereocenters. The van der Waals surface area contributed by atoms with E-state index in [1.807, 2.05) is 0 Å². The van der Waals surface area contributed by atoms with Crippen molar-refractivity contribution in [1.82, 2.24) is 0 Å². The summed E-state index contributed by atoms with van der Waals surface area (Å²) in [5.41, 5.74) is 5.60. The molecule has 0 aromatic heterocycles. The maximum absolute atomic E-state index is 11.7. The van der Waals surface area contributed by atoms with E-state index >= 15 is 0 Å². The van der Waals surface area contributed by atoms with Crippen molar-refractivity contribution in [3.05, 3.63) is 24.3 Å². The zero-order valence-corrected chi connectivity index (χ0v) is 9.38. The van der Waals surface area contributed by atoms with Crippen LogP contribution in [0.3, 0.4) is 0 Å². The lowest BCUT2D eigenvalue weighted by Gasteiger charge is -2.08. The normalized spacial score (nSPS) is 12.6. The number of rotatable bonds is 4. The van der Waals surface area contributed by atoms with E-state index in [2.05, 4.69) is 4.74 Å². The fourth-order valence-corrected chi connectivity index (χ4v) is 2.23. The molecule has 0 amide bonds. The fraction of sp³-hybridized carbons (Fsp3) is 0.333. The zero-order valence-electron chi connectivity index (χ0n) is 8.57. The number of ether oxygens (including phenoxy) is 1. The van der Waals surface area contributed by atoms with Crippen molar-refractivity contribution in [2.75, 3.05) is 18.1 Å². The van der Waals surface area contributed by atoms with Crippen molar-refractivity contribution in [2.24, 2.45) is 0 Å². The van der Waals surface area contributed by atoms with Crippen LogP contribution in [-0.2, 0) is 14.6 Å². The molecule has 1 rings (SSSR count). The smallest absolute Gasteiger partial charge is 0.399 e. The Morgan fingerprint density at radius 3 is 2.47 bits per heavy atom. The Hall–Kier alpha value is -1.28. The minimum Gasteiger partial charge on any atom is -0.399 e. The topological polar surface area (TPSA) is 69.4 Å². The molecular formula is C9H10F3NO3S. The van der Waals surface area contributed by atoms with Gasteiger partial charge in [-0.15, -0.1) is 13.2 Å². The number of alkyl halides is 3. The van der Waals surface area contributed by atoms with Gasteiger partial charge in [-0.1, -0.05) is 6.07 Å². The Bertz CT molecular complexity index is 485. The van der Waals surface area contributed by atoms with Crippen LogP contribution in [0.25, 0.3) is 0 Å². The summed E-state index contributed by atoms with van der Waals surface area (Å²) >= 11 is 0. The average Bonchev–Trinajstić information content (AvgIpc) is 2.15. The molecule has 0 saturated carbocycles. The third-order valence-corrected chi connectivity index (χ3v) is 3.51. The summed E-state index contributed by atoms with van der Waals surface area (Å²) < 4.78 is 61.5. The van der Waals surface area contributed by atoms with Gasteiger partial charge in [0.15, 0.2) is 9.84 Å². The summed E-state index contributed by atoms with van der Waals surface area (Å²) in [6, 6.07) is 5.33. The molecule has 0 unspecified atom stereocenters. The lowest BCUT2D eigenvalue weighted by Crippen LogP contribution is -2.20. The highest BCUT2D eigenvalue weighted by molar-refractivity contribution is 7.91. The molecule has 0 saturated heterocycles. The van der Waals surface area contributed by atoms with E-state index < -0.39 is 28.6 Å². The summed E-state index contributed by atoms with van der Waals surface area (Å²) in [5, 5.41) is 0. The van der Waals surface area contributed by atoms with Crippen LogP contribution < -0.4 is 5.73 Å². The van der Waals surface area contributed by atoms with Crippen LogP contribution in [0, 0.1) is 0 Å². The highest BCUT2D eigenvalue weighted by Gasteiger charge is 2.29. The first-order valence-corrected chi connectivity index (χ1v) is 6.15. The van der Waals surface area contributed by atoms with Gasteiger partial charge in [-0.2, -0.15) is 0 Å². The van der Waals surface area contributed by atoms with Crippen LogP contribution in [0.15, 0.2) is 29.2 Å². The van der Waals surface area contributed by atoms with Crippen LogP contribution in [-0.4, -0.2) is 27.1 Å². The summed E-state index contributed by atoms with van der Waals surface area (Å²) in [7, 11) is -3.81. The van der Waals surface area contributed by atoms with Crippen molar-refractivity contribution in [3.63, 3.8) is 0 Å². The molecule has 0 heterocycles. The van der Waals surface area contributed by atoms with E-state index in [9.17, 15) is 21.6 Å². The molecule has 0 aliphatic carbocycles. The van der Waals surface area contributed by atoms with Crippen LogP contribution in [0.5, 0.6) is 0 Å². The zero-order chi connectivity index (χ0) is 13.1.